The molecule has 2 aromatic heterocycles. The molecule has 30 heavy (non-hydrogen) atoms. The Morgan fingerprint density at radius 2 is 1.80 bits per heavy atom. The first kappa shape index (κ1) is 18.4. The number of morpholine rings is 1. The monoisotopic (exact) mass is 402 g/mol. The van der Waals surface area contributed by atoms with E-state index in [4.69, 9.17) is 4.74 Å². The van der Waals surface area contributed by atoms with Gasteiger partial charge in [0, 0.05) is 23.9 Å². The molecule has 0 spiro atoms. The average molecular weight is 402 g/mol. The van der Waals surface area contributed by atoms with Crippen LogP contribution in [0.25, 0.3) is 16.6 Å². The third-order valence-corrected chi connectivity index (χ3v) is 5.30. The van der Waals surface area contributed by atoms with E-state index >= 15 is 0 Å². The normalized spacial score (nSPS) is 16.7. The van der Waals surface area contributed by atoms with Gasteiger partial charge in [-0.1, -0.05) is 41.6 Å². The maximum absolute atomic E-state index is 13.2. The number of nitrogens with zero attached hydrogens (tertiary/aromatic N) is 4. The number of rotatable bonds is 3. The van der Waals surface area contributed by atoms with Crippen LogP contribution in [0.4, 0.5) is 4.39 Å². The topological polar surface area (TPSA) is 59.7 Å². The van der Waals surface area contributed by atoms with Gasteiger partial charge >= 0.3 is 0 Å². The lowest BCUT2D eigenvalue weighted by Gasteiger charge is -2.32. The van der Waals surface area contributed by atoms with Gasteiger partial charge in [-0.2, -0.15) is 0 Å². The van der Waals surface area contributed by atoms with Crippen LogP contribution in [-0.4, -0.2) is 45.3 Å². The van der Waals surface area contributed by atoms with Gasteiger partial charge in [-0.15, -0.1) is 5.10 Å². The lowest BCUT2D eigenvalue weighted by Crippen LogP contribution is -2.42. The molecule has 4 aromatic rings. The first-order chi connectivity index (χ1) is 14.7. The summed E-state index contributed by atoms with van der Waals surface area (Å²) in [5.41, 5.74) is 4.14. The van der Waals surface area contributed by atoms with Crippen molar-refractivity contribution in [3.8, 4) is 11.1 Å². The first-order valence-corrected chi connectivity index (χ1v) is 9.76. The van der Waals surface area contributed by atoms with Gasteiger partial charge in [0.2, 0.25) is 0 Å². The molecule has 0 saturated carbocycles. The molecule has 0 radical (unpaired) electrons. The minimum atomic E-state index is -0.372. The summed E-state index contributed by atoms with van der Waals surface area (Å²) in [6.07, 6.45) is 1.56. The van der Waals surface area contributed by atoms with E-state index in [0.29, 0.717) is 31.0 Å². The number of ether oxygens (including phenoxy) is 1. The summed E-state index contributed by atoms with van der Waals surface area (Å²) in [6.45, 7) is 1.24. The second kappa shape index (κ2) is 7.68. The molecule has 150 valence electrons. The first-order valence-electron chi connectivity index (χ1n) is 9.76. The molecule has 7 heteroatoms. The molecular weight excluding hydrogens is 383 g/mol. The third-order valence-electron chi connectivity index (χ3n) is 5.30. The molecule has 1 saturated heterocycles. The molecule has 0 bridgehead atoms. The van der Waals surface area contributed by atoms with Crippen LogP contribution in [0.15, 0.2) is 72.9 Å². The Balaban J connectivity index is 1.39. The highest BCUT2D eigenvalue weighted by atomic mass is 19.1. The Hall–Kier alpha value is -3.58. The minimum absolute atomic E-state index is 0.147. The van der Waals surface area contributed by atoms with E-state index in [1.165, 1.54) is 24.3 Å². The molecule has 1 fully saturated rings. The maximum atomic E-state index is 13.2. The van der Waals surface area contributed by atoms with Crippen molar-refractivity contribution in [3.63, 3.8) is 0 Å². The van der Waals surface area contributed by atoms with E-state index < -0.39 is 0 Å². The van der Waals surface area contributed by atoms with Crippen molar-refractivity contribution in [2.75, 3.05) is 19.7 Å². The molecule has 1 aliphatic rings. The molecule has 1 amide bonds. The third kappa shape index (κ3) is 3.44. The van der Waals surface area contributed by atoms with Crippen molar-refractivity contribution in [1.82, 2.24) is 19.7 Å². The quantitative estimate of drug-likeness (QED) is 0.524. The van der Waals surface area contributed by atoms with Gasteiger partial charge in [-0.05, 0) is 35.9 Å². The standard InChI is InChI=1S/C23H19FN4O2/c24-19-9-6-17(7-10-19)23(29)27-12-13-30-21(15-27)22-20-11-8-18(14-28(20)26-25-22)16-4-2-1-3-5-16/h1-11,14,21H,12-13,15H2/t21-/m0/s1. The molecule has 0 unspecified atom stereocenters. The molecule has 0 N–H and O–H groups in total. The van der Waals surface area contributed by atoms with Crippen LogP contribution >= 0.6 is 0 Å². The van der Waals surface area contributed by atoms with Gasteiger partial charge in [0.15, 0.2) is 0 Å². The van der Waals surface area contributed by atoms with Crippen molar-refractivity contribution < 1.29 is 13.9 Å². The zero-order valence-electron chi connectivity index (χ0n) is 16.1. The van der Waals surface area contributed by atoms with Gasteiger partial charge in [-0.3, -0.25) is 4.79 Å². The largest absolute Gasteiger partial charge is 0.368 e. The van der Waals surface area contributed by atoms with E-state index in [2.05, 4.69) is 10.3 Å². The SMILES string of the molecule is O=C(c1ccc(F)cc1)N1CCO[C@H](c2nnn3cc(-c4ccccc4)ccc23)C1. The Kier molecular flexibility index (Phi) is 4.72. The van der Waals surface area contributed by atoms with E-state index in [1.807, 2.05) is 48.7 Å². The second-order valence-electron chi connectivity index (χ2n) is 7.21. The molecule has 1 aliphatic heterocycles. The van der Waals surface area contributed by atoms with Crippen molar-refractivity contribution in [3.05, 3.63) is 90.0 Å². The molecule has 2 aromatic carbocycles. The van der Waals surface area contributed by atoms with E-state index in [0.717, 1.165) is 16.6 Å². The Morgan fingerprint density at radius 3 is 2.60 bits per heavy atom. The van der Waals surface area contributed by atoms with Crippen molar-refractivity contribution in [2.24, 2.45) is 0 Å². The zero-order valence-corrected chi connectivity index (χ0v) is 16.1. The van der Waals surface area contributed by atoms with Crippen LogP contribution in [-0.2, 0) is 4.74 Å². The van der Waals surface area contributed by atoms with Crippen LogP contribution in [0.3, 0.4) is 0 Å². The van der Waals surface area contributed by atoms with Gasteiger partial charge < -0.3 is 9.64 Å². The van der Waals surface area contributed by atoms with E-state index in [1.54, 1.807) is 9.42 Å². The fourth-order valence-corrected chi connectivity index (χ4v) is 3.72. The van der Waals surface area contributed by atoms with Crippen LogP contribution in [0.1, 0.15) is 22.2 Å². The summed E-state index contributed by atoms with van der Waals surface area (Å²) >= 11 is 0. The molecule has 1 atom stereocenters. The number of carbonyl (C=O) groups excluding carboxylic acids is 1. The predicted molar refractivity (Wildman–Crippen MR) is 109 cm³/mol. The number of aromatic nitrogens is 3. The molecular formula is C23H19FN4O2. The summed E-state index contributed by atoms with van der Waals surface area (Å²) in [4.78, 5) is 14.5. The predicted octanol–water partition coefficient (Wildman–Crippen LogP) is 3.75. The van der Waals surface area contributed by atoms with Crippen LogP contribution in [0.2, 0.25) is 0 Å². The number of amides is 1. The molecule has 3 heterocycles. The van der Waals surface area contributed by atoms with E-state index in [-0.39, 0.29) is 17.8 Å². The van der Waals surface area contributed by atoms with Crippen molar-refractivity contribution >= 4 is 11.4 Å². The van der Waals surface area contributed by atoms with Gasteiger partial charge in [-0.25, -0.2) is 8.91 Å². The second-order valence-corrected chi connectivity index (χ2v) is 7.21. The summed E-state index contributed by atoms with van der Waals surface area (Å²) < 4.78 is 20.8. The van der Waals surface area contributed by atoms with Crippen molar-refractivity contribution in [1.29, 1.82) is 0 Å². The highest BCUT2D eigenvalue weighted by Gasteiger charge is 2.29. The highest BCUT2D eigenvalue weighted by molar-refractivity contribution is 5.94. The Bertz CT molecular complexity index is 1190. The lowest BCUT2D eigenvalue weighted by atomic mass is 10.1. The number of benzene rings is 2. The molecule has 6 nitrogen and oxygen atoms in total. The van der Waals surface area contributed by atoms with Crippen LogP contribution < -0.4 is 0 Å². The Morgan fingerprint density at radius 1 is 1.00 bits per heavy atom. The minimum Gasteiger partial charge on any atom is -0.368 e. The smallest absolute Gasteiger partial charge is 0.254 e. The van der Waals surface area contributed by atoms with Crippen LogP contribution in [0, 0.1) is 5.82 Å². The number of carbonyl (C=O) groups is 1. The summed E-state index contributed by atoms with van der Waals surface area (Å²) in [7, 11) is 0. The van der Waals surface area contributed by atoms with E-state index in [9.17, 15) is 9.18 Å². The number of hydrogen-bond donors (Lipinski definition) is 0. The number of pyridine rings is 1. The Labute approximate surface area is 172 Å². The molecule has 0 aliphatic carbocycles. The van der Waals surface area contributed by atoms with Gasteiger partial charge in [0.1, 0.15) is 17.6 Å². The summed E-state index contributed by atoms with van der Waals surface area (Å²) in [5, 5.41) is 8.59. The number of halogens is 1. The van der Waals surface area contributed by atoms with Crippen molar-refractivity contribution in [2.45, 2.75) is 6.10 Å². The lowest BCUT2D eigenvalue weighted by molar-refractivity contribution is -0.0241. The fourth-order valence-electron chi connectivity index (χ4n) is 3.72. The highest BCUT2D eigenvalue weighted by Crippen LogP contribution is 2.27. The van der Waals surface area contributed by atoms with Gasteiger partial charge in [0.05, 0.1) is 18.7 Å². The average Bonchev–Trinajstić information content (AvgIpc) is 3.23. The van der Waals surface area contributed by atoms with Gasteiger partial charge in [0.25, 0.3) is 5.91 Å². The van der Waals surface area contributed by atoms with Crippen LogP contribution in [0.5, 0.6) is 0 Å². The number of fused-ring (bicyclic) bond motifs is 1. The summed E-state index contributed by atoms with van der Waals surface area (Å²) in [5.74, 6) is -0.511. The maximum Gasteiger partial charge on any atom is 0.254 e. The fraction of sp³-hybridized carbons (Fsp3) is 0.174. The summed E-state index contributed by atoms with van der Waals surface area (Å²) in [6, 6.07) is 19.7. The molecule has 5 rings (SSSR count). The zero-order chi connectivity index (χ0) is 20.5. The number of hydrogen-bond acceptors (Lipinski definition) is 4.